The molecular formula is C18H28ClN3O2. The highest BCUT2D eigenvalue weighted by Crippen LogP contribution is 2.18. The monoisotopic (exact) mass is 353 g/mol. The van der Waals surface area contributed by atoms with E-state index in [9.17, 15) is 0 Å². The van der Waals surface area contributed by atoms with E-state index in [1.165, 1.54) is 0 Å². The summed E-state index contributed by atoms with van der Waals surface area (Å²) in [6.07, 6.45) is 1.10. The van der Waals surface area contributed by atoms with Crippen molar-refractivity contribution in [2.24, 2.45) is 10.9 Å². The van der Waals surface area contributed by atoms with E-state index in [1.54, 1.807) is 0 Å². The van der Waals surface area contributed by atoms with Crippen LogP contribution in [0.2, 0.25) is 5.02 Å². The van der Waals surface area contributed by atoms with Gasteiger partial charge in [0.05, 0.1) is 13.2 Å². The van der Waals surface area contributed by atoms with Crippen LogP contribution in [0.4, 0.5) is 0 Å². The van der Waals surface area contributed by atoms with Gasteiger partial charge in [-0.15, -0.1) is 0 Å². The van der Waals surface area contributed by atoms with E-state index in [0.29, 0.717) is 17.5 Å². The molecule has 0 radical (unpaired) electrons. The molecule has 1 aliphatic heterocycles. The molecule has 134 valence electrons. The Balaban J connectivity index is 1.88. The molecule has 0 amide bonds. The zero-order valence-electron chi connectivity index (χ0n) is 14.8. The van der Waals surface area contributed by atoms with Crippen molar-refractivity contribution in [2.75, 3.05) is 39.9 Å². The molecule has 0 aliphatic carbocycles. The Kier molecular flexibility index (Phi) is 7.66. The van der Waals surface area contributed by atoms with Crippen LogP contribution in [0.25, 0.3) is 0 Å². The Hall–Kier alpha value is -1.46. The summed E-state index contributed by atoms with van der Waals surface area (Å²) >= 11 is 5.99. The highest BCUT2D eigenvalue weighted by atomic mass is 35.5. The van der Waals surface area contributed by atoms with Gasteiger partial charge in [0.2, 0.25) is 0 Å². The normalized spacial score (nSPS) is 19.2. The van der Waals surface area contributed by atoms with Crippen LogP contribution in [0.15, 0.2) is 29.3 Å². The topological polar surface area (TPSA) is 46.1 Å². The highest BCUT2D eigenvalue weighted by Gasteiger charge is 2.19. The maximum atomic E-state index is 5.99. The summed E-state index contributed by atoms with van der Waals surface area (Å²) in [4.78, 5) is 6.88. The van der Waals surface area contributed by atoms with Gasteiger partial charge in [-0.2, -0.15) is 0 Å². The van der Waals surface area contributed by atoms with E-state index in [4.69, 9.17) is 26.1 Å². The largest absolute Gasteiger partial charge is 0.489 e. The van der Waals surface area contributed by atoms with Gasteiger partial charge in [-0.05, 0) is 38.5 Å². The first-order chi connectivity index (χ1) is 11.6. The molecule has 1 saturated heterocycles. The summed E-state index contributed by atoms with van der Waals surface area (Å²) < 4.78 is 11.3. The number of hydrogen-bond donors (Lipinski definition) is 1. The van der Waals surface area contributed by atoms with Gasteiger partial charge in [0, 0.05) is 37.7 Å². The van der Waals surface area contributed by atoms with Crippen molar-refractivity contribution in [1.82, 2.24) is 10.2 Å². The summed E-state index contributed by atoms with van der Waals surface area (Å²) in [5.41, 5.74) is 0. The third-order valence-corrected chi connectivity index (χ3v) is 4.12. The smallest absolute Gasteiger partial charge is 0.193 e. The van der Waals surface area contributed by atoms with E-state index in [2.05, 4.69) is 24.2 Å². The minimum atomic E-state index is -0.0275. The summed E-state index contributed by atoms with van der Waals surface area (Å²) in [6, 6.07) is 7.44. The Morgan fingerprint density at radius 1 is 1.54 bits per heavy atom. The van der Waals surface area contributed by atoms with Crippen molar-refractivity contribution in [3.8, 4) is 5.75 Å². The molecule has 0 spiro atoms. The maximum Gasteiger partial charge on any atom is 0.193 e. The van der Waals surface area contributed by atoms with Crippen LogP contribution in [-0.2, 0) is 4.74 Å². The second kappa shape index (κ2) is 9.74. The van der Waals surface area contributed by atoms with E-state index < -0.39 is 0 Å². The molecule has 1 aromatic carbocycles. The van der Waals surface area contributed by atoms with Crippen molar-refractivity contribution < 1.29 is 9.47 Å². The first-order valence-corrected chi connectivity index (χ1v) is 8.95. The number of rotatable bonds is 7. The van der Waals surface area contributed by atoms with Crippen LogP contribution >= 0.6 is 11.6 Å². The highest BCUT2D eigenvalue weighted by molar-refractivity contribution is 6.30. The molecule has 1 N–H and O–H groups in total. The van der Waals surface area contributed by atoms with Gasteiger partial charge in [0.25, 0.3) is 0 Å². The third-order valence-electron chi connectivity index (χ3n) is 3.88. The van der Waals surface area contributed by atoms with Gasteiger partial charge >= 0.3 is 0 Å². The number of hydrogen-bond acceptors (Lipinski definition) is 3. The van der Waals surface area contributed by atoms with Crippen molar-refractivity contribution in [2.45, 2.75) is 26.4 Å². The minimum absolute atomic E-state index is 0.0275. The Morgan fingerprint density at radius 3 is 3.04 bits per heavy atom. The average molecular weight is 354 g/mol. The van der Waals surface area contributed by atoms with Crippen LogP contribution in [-0.4, -0.2) is 56.9 Å². The second-order valence-corrected chi connectivity index (χ2v) is 6.63. The number of ether oxygens (including phenoxy) is 2. The van der Waals surface area contributed by atoms with Crippen molar-refractivity contribution in [1.29, 1.82) is 0 Å². The standard InChI is InChI=1S/C18H28ClN3O2/c1-4-20-18(22(3)12-15-8-9-23-13-15)21-11-14(2)24-17-7-5-6-16(19)10-17/h5-7,10,14-15H,4,8-9,11-13H2,1-3H3,(H,20,21). The fraction of sp³-hybridized carbons (Fsp3) is 0.611. The van der Waals surface area contributed by atoms with Crippen LogP contribution in [0, 0.1) is 5.92 Å². The summed E-state index contributed by atoms with van der Waals surface area (Å²) in [5.74, 6) is 2.26. The summed E-state index contributed by atoms with van der Waals surface area (Å²) in [7, 11) is 2.07. The van der Waals surface area contributed by atoms with Gasteiger partial charge in [-0.1, -0.05) is 17.7 Å². The Morgan fingerprint density at radius 2 is 2.38 bits per heavy atom. The lowest BCUT2D eigenvalue weighted by molar-refractivity contribution is 0.181. The molecule has 5 nitrogen and oxygen atoms in total. The average Bonchev–Trinajstić information content (AvgIpc) is 3.04. The third kappa shape index (κ3) is 6.21. The molecule has 6 heteroatoms. The fourth-order valence-electron chi connectivity index (χ4n) is 2.70. The molecule has 1 aromatic rings. The molecule has 2 atom stereocenters. The quantitative estimate of drug-likeness (QED) is 0.604. The number of aliphatic imine (C=N–C) groups is 1. The fourth-order valence-corrected chi connectivity index (χ4v) is 2.88. The first kappa shape index (κ1) is 18.9. The molecular weight excluding hydrogens is 326 g/mol. The van der Waals surface area contributed by atoms with E-state index in [0.717, 1.165) is 44.4 Å². The zero-order chi connectivity index (χ0) is 17.4. The lowest BCUT2D eigenvalue weighted by Crippen LogP contribution is -2.42. The van der Waals surface area contributed by atoms with Gasteiger partial charge in [-0.25, -0.2) is 4.99 Å². The number of benzene rings is 1. The summed E-state index contributed by atoms with van der Waals surface area (Å²) in [6.45, 7) is 8.19. The molecule has 24 heavy (non-hydrogen) atoms. The predicted octanol–water partition coefficient (Wildman–Crippen LogP) is 3.04. The van der Waals surface area contributed by atoms with Crippen LogP contribution in [0.1, 0.15) is 20.3 Å². The molecule has 0 aromatic heterocycles. The van der Waals surface area contributed by atoms with E-state index >= 15 is 0 Å². The first-order valence-electron chi connectivity index (χ1n) is 8.58. The SMILES string of the molecule is CCNC(=NCC(C)Oc1cccc(Cl)c1)N(C)CC1CCOC1. The summed E-state index contributed by atoms with van der Waals surface area (Å²) in [5, 5.41) is 4.02. The Labute approximate surface area is 150 Å². The molecule has 1 fully saturated rings. The maximum absolute atomic E-state index is 5.99. The van der Waals surface area contributed by atoms with Crippen molar-refractivity contribution in [3.05, 3.63) is 29.3 Å². The van der Waals surface area contributed by atoms with Gasteiger partial charge in [0.15, 0.2) is 5.96 Å². The van der Waals surface area contributed by atoms with Crippen LogP contribution in [0.5, 0.6) is 5.75 Å². The lowest BCUT2D eigenvalue weighted by atomic mass is 10.1. The number of nitrogens with zero attached hydrogens (tertiary/aromatic N) is 2. The van der Waals surface area contributed by atoms with E-state index in [-0.39, 0.29) is 6.10 Å². The molecule has 0 bridgehead atoms. The van der Waals surface area contributed by atoms with Gasteiger partial charge in [-0.3, -0.25) is 0 Å². The van der Waals surface area contributed by atoms with Crippen molar-refractivity contribution in [3.63, 3.8) is 0 Å². The van der Waals surface area contributed by atoms with Gasteiger partial charge in [0.1, 0.15) is 11.9 Å². The second-order valence-electron chi connectivity index (χ2n) is 6.19. The van der Waals surface area contributed by atoms with Crippen molar-refractivity contribution >= 4 is 17.6 Å². The van der Waals surface area contributed by atoms with Crippen LogP contribution in [0.3, 0.4) is 0 Å². The zero-order valence-corrected chi connectivity index (χ0v) is 15.6. The minimum Gasteiger partial charge on any atom is -0.489 e. The van der Waals surface area contributed by atoms with Crippen LogP contribution < -0.4 is 10.1 Å². The number of nitrogens with one attached hydrogen (secondary N) is 1. The predicted molar refractivity (Wildman–Crippen MR) is 99.1 cm³/mol. The Bertz CT molecular complexity index is 533. The number of guanidine groups is 1. The molecule has 2 unspecified atom stereocenters. The van der Waals surface area contributed by atoms with E-state index in [1.807, 2.05) is 31.2 Å². The van der Waals surface area contributed by atoms with Gasteiger partial charge < -0.3 is 19.7 Å². The molecule has 1 heterocycles. The molecule has 1 aliphatic rings. The lowest BCUT2D eigenvalue weighted by Gasteiger charge is -2.25. The molecule has 0 saturated carbocycles. The molecule has 2 rings (SSSR count). The number of halogens is 1.